The maximum absolute atomic E-state index is 10.6. The third kappa shape index (κ3) is 3.27. The van der Waals surface area contributed by atoms with Gasteiger partial charge in [0.15, 0.2) is 0 Å². The number of aryl methyl sites for hydroxylation is 1. The smallest absolute Gasteiger partial charge is 0.0799 e. The van der Waals surface area contributed by atoms with E-state index in [-0.39, 0.29) is 0 Å². The van der Waals surface area contributed by atoms with Gasteiger partial charge in [0.05, 0.1) is 6.10 Å². The Morgan fingerprint density at radius 1 is 0.857 bits per heavy atom. The minimum Gasteiger partial charge on any atom is -0.388 e. The van der Waals surface area contributed by atoms with Crippen LogP contribution in [0.1, 0.15) is 23.7 Å². The van der Waals surface area contributed by atoms with Crippen molar-refractivity contribution in [3.8, 4) is 0 Å². The van der Waals surface area contributed by atoms with E-state index in [2.05, 4.69) is 59.0 Å². The van der Waals surface area contributed by atoms with Gasteiger partial charge in [0, 0.05) is 8.96 Å². The van der Waals surface area contributed by atoms with Crippen LogP contribution in [0.3, 0.4) is 0 Å². The second kappa shape index (κ2) is 6.58. The third-order valence-electron chi connectivity index (χ3n) is 3.79. The van der Waals surface area contributed by atoms with Gasteiger partial charge in [-0.25, -0.2) is 0 Å². The van der Waals surface area contributed by atoms with E-state index < -0.39 is 6.10 Å². The summed E-state index contributed by atoms with van der Waals surface area (Å²) in [6.07, 6.45) is 1.21. The van der Waals surface area contributed by atoms with Crippen LogP contribution in [0.4, 0.5) is 0 Å². The van der Waals surface area contributed by atoms with E-state index in [1.165, 1.54) is 19.9 Å². The molecule has 3 rings (SSSR count). The maximum atomic E-state index is 10.6. The lowest BCUT2D eigenvalue weighted by Crippen LogP contribution is -2.01. The molecule has 0 amide bonds. The highest BCUT2D eigenvalue weighted by molar-refractivity contribution is 14.1. The molecule has 0 saturated heterocycles. The monoisotopic (exact) mass is 388 g/mol. The molecule has 0 aromatic heterocycles. The Hall–Kier alpha value is -1.39. The zero-order valence-corrected chi connectivity index (χ0v) is 13.8. The second-order valence-electron chi connectivity index (χ2n) is 5.23. The van der Waals surface area contributed by atoms with Gasteiger partial charge in [0.1, 0.15) is 0 Å². The van der Waals surface area contributed by atoms with E-state index in [9.17, 15) is 5.11 Å². The summed E-state index contributed by atoms with van der Waals surface area (Å²) < 4.78 is 1.19. The van der Waals surface area contributed by atoms with Gasteiger partial charge in [-0.1, -0.05) is 60.7 Å². The molecule has 0 fully saturated rings. The molecule has 2 heteroatoms. The molecule has 0 bridgehead atoms. The van der Waals surface area contributed by atoms with Crippen LogP contribution in [0.25, 0.3) is 10.8 Å². The highest BCUT2D eigenvalue weighted by Crippen LogP contribution is 2.30. The summed E-state index contributed by atoms with van der Waals surface area (Å²) in [5.41, 5.74) is 2.31. The second-order valence-corrected chi connectivity index (χ2v) is 6.39. The number of benzene rings is 3. The van der Waals surface area contributed by atoms with Crippen molar-refractivity contribution in [3.63, 3.8) is 0 Å². The molecule has 1 nitrogen and oxygen atoms in total. The van der Waals surface area contributed by atoms with Crippen molar-refractivity contribution in [2.45, 2.75) is 18.9 Å². The van der Waals surface area contributed by atoms with Gasteiger partial charge in [-0.2, -0.15) is 0 Å². The van der Waals surface area contributed by atoms with Crippen molar-refractivity contribution < 1.29 is 5.11 Å². The number of aliphatic hydroxyl groups is 1. The van der Waals surface area contributed by atoms with Gasteiger partial charge >= 0.3 is 0 Å². The van der Waals surface area contributed by atoms with Gasteiger partial charge in [-0.15, -0.1) is 0 Å². The summed E-state index contributed by atoms with van der Waals surface area (Å²) in [4.78, 5) is 0. The summed E-state index contributed by atoms with van der Waals surface area (Å²) in [7, 11) is 0. The van der Waals surface area contributed by atoms with E-state index in [0.29, 0.717) is 0 Å². The summed E-state index contributed by atoms with van der Waals surface area (Å²) in [5.74, 6) is 0. The van der Waals surface area contributed by atoms with Gasteiger partial charge in [-0.05, 0) is 58.0 Å². The first kappa shape index (κ1) is 14.5. The lowest BCUT2D eigenvalue weighted by molar-refractivity contribution is 0.169. The normalized spacial score (nSPS) is 12.5. The molecular formula is C19H17IO. The largest absolute Gasteiger partial charge is 0.388 e. The van der Waals surface area contributed by atoms with Crippen molar-refractivity contribution in [2.75, 3.05) is 0 Å². The molecule has 1 unspecified atom stereocenters. The number of aliphatic hydroxyl groups excluding tert-OH is 1. The molecular weight excluding hydrogens is 371 g/mol. The van der Waals surface area contributed by atoms with Crippen molar-refractivity contribution in [1.29, 1.82) is 0 Å². The molecule has 3 aromatic rings. The Kier molecular flexibility index (Phi) is 4.56. The summed E-state index contributed by atoms with van der Waals surface area (Å²) in [5, 5.41) is 13.0. The average Bonchev–Trinajstić information content (AvgIpc) is 2.53. The van der Waals surface area contributed by atoms with E-state index in [1.54, 1.807) is 0 Å². The van der Waals surface area contributed by atoms with E-state index in [4.69, 9.17) is 0 Å². The van der Waals surface area contributed by atoms with Gasteiger partial charge in [0.2, 0.25) is 0 Å². The van der Waals surface area contributed by atoms with Gasteiger partial charge < -0.3 is 5.11 Å². The van der Waals surface area contributed by atoms with Crippen LogP contribution in [0, 0.1) is 3.57 Å². The van der Waals surface area contributed by atoms with Crippen molar-refractivity contribution >= 4 is 33.4 Å². The highest BCUT2D eigenvalue weighted by atomic mass is 127. The first-order chi connectivity index (χ1) is 10.3. The fraction of sp³-hybridized carbons (Fsp3) is 0.158. The molecule has 0 aliphatic heterocycles. The van der Waals surface area contributed by atoms with Crippen LogP contribution in [0.15, 0.2) is 66.7 Å². The minimum atomic E-state index is -0.426. The van der Waals surface area contributed by atoms with E-state index >= 15 is 0 Å². The molecule has 0 saturated carbocycles. The molecule has 3 aromatic carbocycles. The fourth-order valence-corrected chi connectivity index (χ4v) is 3.53. The van der Waals surface area contributed by atoms with Crippen LogP contribution < -0.4 is 0 Å². The van der Waals surface area contributed by atoms with Crippen molar-refractivity contribution in [1.82, 2.24) is 0 Å². The molecule has 0 radical (unpaired) electrons. The van der Waals surface area contributed by atoms with Crippen molar-refractivity contribution in [2.24, 2.45) is 0 Å². The summed E-state index contributed by atoms with van der Waals surface area (Å²) in [6.45, 7) is 0. The molecule has 0 spiro atoms. The zero-order valence-electron chi connectivity index (χ0n) is 11.7. The Labute approximate surface area is 138 Å². The predicted molar refractivity (Wildman–Crippen MR) is 96.4 cm³/mol. The Morgan fingerprint density at radius 3 is 2.33 bits per heavy atom. The molecule has 0 heterocycles. The number of hydrogen-bond acceptors (Lipinski definition) is 1. The lowest BCUT2D eigenvalue weighted by Gasteiger charge is -2.15. The first-order valence-electron chi connectivity index (χ1n) is 7.15. The number of fused-ring (bicyclic) bond motifs is 1. The summed E-state index contributed by atoms with van der Waals surface area (Å²) >= 11 is 2.35. The third-order valence-corrected chi connectivity index (χ3v) is 4.69. The standard InChI is InChI=1S/C19H17IO/c20-17-11-5-9-15-8-4-10-16(19(15)17)18(21)13-12-14-6-2-1-3-7-14/h1-11,18,21H,12-13H2. The van der Waals surface area contributed by atoms with Crippen LogP contribution in [-0.2, 0) is 6.42 Å². The number of hydrogen-bond donors (Lipinski definition) is 1. The van der Waals surface area contributed by atoms with Gasteiger partial charge in [0.25, 0.3) is 0 Å². The van der Waals surface area contributed by atoms with Crippen LogP contribution in [-0.4, -0.2) is 5.11 Å². The number of rotatable bonds is 4. The Bertz CT molecular complexity index is 732. The predicted octanol–water partition coefficient (Wildman–Crippen LogP) is 5.11. The molecule has 1 atom stereocenters. The molecule has 1 N–H and O–H groups in total. The topological polar surface area (TPSA) is 20.2 Å². The van der Waals surface area contributed by atoms with E-state index in [0.717, 1.165) is 18.4 Å². The highest BCUT2D eigenvalue weighted by Gasteiger charge is 2.13. The molecule has 0 aliphatic carbocycles. The average molecular weight is 388 g/mol. The zero-order chi connectivity index (χ0) is 14.7. The lowest BCUT2D eigenvalue weighted by atomic mass is 9.96. The molecule has 106 valence electrons. The van der Waals surface area contributed by atoms with Crippen LogP contribution in [0.2, 0.25) is 0 Å². The Balaban J connectivity index is 1.86. The summed E-state index contributed by atoms with van der Waals surface area (Å²) in [6, 6.07) is 22.8. The maximum Gasteiger partial charge on any atom is 0.0799 e. The van der Waals surface area contributed by atoms with E-state index in [1.807, 2.05) is 30.3 Å². The van der Waals surface area contributed by atoms with Crippen LogP contribution >= 0.6 is 22.6 Å². The fourth-order valence-electron chi connectivity index (χ4n) is 2.70. The van der Waals surface area contributed by atoms with Gasteiger partial charge in [-0.3, -0.25) is 0 Å². The molecule has 21 heavy (non-hydrogen) atoms. The Morgan fingerprint density at radius 2 is 1.57 bits per heavy atom. The quantitative estimate of drug-likeness (QED) is 0.616. The van der Waals surface area contributed by atoms with Crippen LogP contribution in [0.5, 0.6) is 0 Å². The SMILES string of the molecule is OC(CCc1ccccc1)c1cccc2cccc(I)c12. The number of halogens is 1. The van der Waals surface area contributed by atoms with Crippen molar-refractivity contribution in [3.05, 3.63) is 81.4 Å². The minimum absolute atomic E-state index is 0.426. The first-order valence-corrected chi connectivity index (χ1v) is 8.23. The molecule has 0 aliphatic rings.